The van der Waals surface area contributed by atoms with Crippen LogP contribution in [0.25, 0.3) is 0 Å². The molecule has 0 bridgehead atoms. The summed E-state index contributed by atoms with van der Waals surface area (Å²) in [6.07, 6.45) is -9.49. The van der Waals surface area contributed by atoms with Gasteiger partial charge in [0, 0.05) is 5.92 Å². The molecule has 16 heteroatoms. The molecule has 4 amide bonds. The Morgan fingerprint density at radius 2 is 1.41 bits per heavy atom. The summed E-state index contributed by atoms with van der Waals surface area (Å²) in [4.78, 5) is 57.5. The highest BCUT2D eigenvalue weighted by Gasteiger charge is 2.67. The van der Waals surface area contributed by atoms with Crippen LogP contribution in [-0.4, -0.2) is 28.7 Å². The number of imide groups is 2. The SMILES string of the molecule is CC12C(=O)N(c3ccc(F)c(Cl)c3)C(=O)C1CC1C(=CCC3C(=O)N(c4cc(C(F)(F)F)cc(C(F)(F)F)c4)C(=O)C31)C2c1ccc(O)c(F)c1. The molecular formula is C35H23ClF8N2O5. The largest absolute Gasteiger partial charge is 0.505 e. The van der Waals surface area contributed by atoms with Gasteiger partial charge in [-0.05, 0) is 79.8 Å². The smallest absolute Gasteiger partial charge is 0.416 e. The van der Waals surface area contributed by atoms with Gasteiger partial charge in [-0.1, -0.05) is 29.3 Å². The van der Waals surface area contributed by atoms with Crippen LogP contribution < -0.4 is 9.80 Å². The molecule has 1 N–H and O–H groups in total. The van der Waals surface area contributed by atoms with Crippen molar-refractivity contribution in [1.82, 2.24) is 0 Å². The van der Waals surface area contributed by atoms with Crippen molar-refractivity contribution in [3.05, 3.63) is 99.6 Å². The molecule has 0 radical (unpaired) electrons. The number of phenolic OH excluding ortho intramolecular Hbond substituents is 1. The summed E-state index contributed by atoms with van der Waals surface area (Å²) in [7, 11) is 0. The number of hydrogen-bond donors (Lipinski definition) is 1. The van der Waals surface area contributed by atoms with Crippen molar-refractivity contribution in [1.29, 1.82) is 0 Å². The van der Waals surface area contributed by atoms with Gasteiger partial charge in [-0.25, -0.2) is 18.6 Å². The number of amides is 4. The van der Waals surface area contributed by atoms with Crippen molar-refractivity contribution < 1.29 is 59.4 Å². The predicted molar refractivity (Wildman–Crippen MR) is 163 cm³/mol. The molecule has 7 nitrogen and oxygen atoms in total. The van der Waals surface area contributed by atoms with Gasteiger partial charge in [0.2, 0.25) is 23.6 Å². The van der Waals surface area contributed by atoms with E-state index in [1.807, 2.05) is 0 Å². The number of fused-ring (bicyclic) bond motifs is 4. The van der Waals surface area contributed by atoms with Crippen molar-refractivity contribution in [3.63, 3.8) is 0 Å². The van der Waals surface area contributed by atoms with Crippen LogP contribution in [0.1, 0.15) is 42.4 Å². The van der Waals surface area contributed by atoms with Crippen LogP contribution in [0.5, 0.6) is 5.75 Å². The Labute approximate surface area is 288 Å². The zero-order valence-electron chi connectivity index (χ0n) is 26.0. The molecule has 6 unspecified atom stereocenters. The molecular weight excluding hydrogens is 716 g/mol. The summed E-state index contributed by atoms with van der Waals surface area (Å²) in [5.41, 5.74) is -5.75. The zero-order chi connectivity index (χ0) is 37.1. The number of carbonyl (C=O) groups is 4. The highest BCUT2D eigenvalue weighted by atomic mass is 35.5. The second kappa shape index (κ2) is 11.4. The number of benzene rings is 3. The van der Waals surface area contributed by atoms with Gasteiger partial charge in [-0.2, -0.15) is 26.3 Å². The number of phenols is 1. The van der Waals surface area contributed by atoms with Crippen molar-refractivity contribution in [2.24, 2.45) is 29.1 Å². The summed E-state index contributed by atoms with van der Waals surface area (Å²) in [5.74, 6) is -12.5. The van der Waals surface area contributed by atoms with E-state index >= 15 is 0 Å². The number of halogens is 9. The Morgan fingerprint density at radius 3 is 2.00 bits per heavy atom. The molecule has 2 heterocycles. The quantitative estimate of drug-likeness (QED) is 0.168. The first-order chi connectivity index (χ1) is 23.7. The van der Waals surface area contributed by atoms with Crippen LogP contribution in [0.3, 0.4) is 0 Å². The number of hydrogen-bond acceptors (Lipinski definition) is 5. The summed E-state index contributed by atoms with van der Waals surface area (Å²) in [6, 6.07) is 6.86. The third-order valence-electron chi connectivity index (χ3n) is 10.6. The molecule has 2 aliphatic carbocycles. The lowest BCUT2D eigenvalue weighted by Gasteiger charge is -2.49. The molecule has 7 rings (SSSR count). The first kappa shape index (κ1) is 34.6. The van der Waals surface area contributed by atoms with Crippen LogP contribution in [0, 0.1) is 40.7 Å². The lowest BCUT2D eigenvalue weighted by Crippen LogP contribution is -2.48. The van der Waals surface area contributed by atoms with Gasteiger partial charge >= 0.3 is 12.4 Å². The Balaban J connectivity index is 1.36. The third kappa shape index (κ3) is 5.14. The van der Waals surface area contributed by atoms with Gasteiger partial charge in [0.15, 0.2) is 11.6 Å². The van der Waals surface area contributed by atoms with Crippen LogP contribution in [-0.2, 0) is 31.5 Å². The van der Waals surface area contributed by atoms with Gasteiger partial charge in [0.1, 0.15) is 5.82 Å². The standard InChI is InChI=1S/C35H23ClF8N2O5/c1-33-22(30(49)46(32(33)51)17-3-6-24(37)23(36)12-17)13-21-19(28(33)14-2-7-26(47)25(38)8-14)4-5-20-27(21)31(50)45(29(20)48)18-10-15(34(39,40)41)9-16(11-18)35(42,43)44/h2-4,6-12,20-22,27-28,47H,5,13H2,1H3. The Morgan fingerprint density at radius 1 is 0.765 bits per heavy atom. The number of nitrogens with zero attached hydrogens (tertiary/aromatic N) is 2. The fraction of sp³-hybridized carbons (Fsp3) is 0.314. The van der Waals surface area contributed by atoms with Crippen LogP contribution in [0.2, 0.25) is 5.02 Å². The van der Waals surface area contributed by atoms with Gasteiger partial charge < -0.3 is 5.11 Å². The summed E-state index contributed by atoms with van der Waals surface area (Å²) in [6.45, 7) is 1.46. The lowest BCUT2D eigenvalue weighted by atomic mass is 9.51. The highest BCUT2D eigenvalue weighted by Crippen LogP contribution is 2.64. The van der Waals surface area contributed by atoms with E-state index in [4.69, 9.17) is 11.6 Å². The molecule has 3 aromatic carbocycles. The van der Waals surface area contributed by atoms with Gasteiger partial charge in [-0.3, -0.25) is 19.2 Å². The number of aromatic hydroxyl groups is 1. The molecule has 4 aliphatic rings. The summed E-state index contributed by atoms with van der Waals surface area (Å²) < 4.78 is 111. The monoisotopic (exact) mass is 738 g/mol. The fourth-order valence-electron chi connectivity index (χ4n) is 8.29. The van der Waals surface area contributed by atoms with Crippen molar-refractivity contribution in [2.45, 2.75) is 38.0 Å². The highest BCUT2D eigenvalue weighted by molar-refractivity contribution is 6.32. The molecule has 266 valence electrons. The molecule has 1 saturated carbocycles. The Bertz CT molecular complexity index is 2070. The van der Waals surface area contributed by atoms with E-state index in [-0.39, 0.29) is 42.3 Å². The number of carbonyl (C=O) groups excluding carboxylic acids is 4. The maximum absolute atomic E-state index is 14.9. The molecule has 6 atom stereocenters. The van der Waals surface area contributed by atoms with Gasteiger partial charge in [0.05, 0.1) is 50.7 Å². The minimum absolute atomic E-state index is 0.0826. The van der Waals surface area contributed by atoms with Gasteiger partial charge in [0.25, 0.3) is 0 Å². The minimum Gasteiger partial charge on any atom is -0.505 e. The number of rotatable bonds is 3. The Hall–Kier alpha value is -4.79. The van der Waals surface area contributed by atoms with Crippen molar-refractivity contribution >= 4 is 46.6 Å². The van der Waals surface area contributed by atoms with E-state index in [2.05, 4.69) is 0 Å². The number of allylic oxidation sites excluding steroid dienone is 2. The first-order valence-electron chi connectivity index (χ1n) is 15.4. The van der Waals surface area contributed by atoms with E-state index in [9.17, 15) is 59.4 Å². The average molecular weight is 739 g/mol. The van der Waals surface area contributed by atoms with Crippen LogP contribution in [0.4, 0.5) is 46.5 Å². The number of anilines is 2. The molecule has 51 heavy (non-hydrogen) atoms. The van der Waals surface area contributed by atoms with E-state index in [0.29, 0.717) is 10.5 Å². The lowest BCUT2D eigenvalue weighted by molar-refractivity contribution is -0.143. The maximum Gasteiger partial charge on any atom is 0.416 e. The number of alkyl halides is 6. The van der Waals surface area contributed by atoms with Crippen molar-refractivity contribution in [3.8, 4) is 5.75 Å². The first-order valence-corrected chi connectivity index (χ1v) is 15.8. The normalized spacial score (nSPS) is 27.8. The fourth-order valence-corrected chi connectivity index (χ4v) is 8.47. The van der Waals surface area contributed by atoms with E-state index in [0.717, 1.165) is 35.2 Å². The second-order valence-corrected chi connectivity index (χ2v) is 13.7. The molecule has 0 spiro atoms. The Kier molecular flexibility index (Phi) is 7.72. The van der Waals surface area contributed by atoms with Crippen molar-refractivity contribution in [2.75, 3.05) is 9.80 Å². The van der Waals surface area contributed by atoms with E-state index < -0.39 is 110 Å². The average Bonchev–Trinajstić information content (AvgIpc) is 3.42. The van der Waals surface area contributed by atoms with Gasteiger partial charge in [-0.15, -0.1) is 0 Å². The minimum atomic E-state index is -5.26. The molecule has 0 aromatic heterocycles. The second-order valence-electron chi connectivity index (χ2n) is 13.2. The zero-order valence-corrected chi connectivity index (χ0v) is 26.7. The van der Waals surface area contributed by atoms with E-state index in [1.54, 1.807) is 0 Å². The molecule has 2 aliphatic heterocycles. The van der Waals surface area contributed by atoms with Crippen LogP contribution in [0.15, 0.2) is 66.2 Å². The summed E-state index contributed by atoms with van der Waals surface area (Å²) >= 11 is 5.96. The predicted octanol–water partition coefficient (Wildman–Crippen LogP) is 7.80. The third-order valence-corrected chi connectivity index (χ3v) is 10.9. The summed E-state index contributed by atoms with van der Waals surface area (Å²) in [5, 5.41) is 9.53. The molecule has 3 aromatic rings. The van der Waals surface area contributed by atoms with Crippen LogP contribution >= 0.6 is 11.6 Å². The topological polar surface area (TPSA) is 95.0 Å². The molecule has 2 saturated heterocycles. The van der Waals surface area contributed by atoms with E-state index in [1.165, 1.54) is 19.1 Å². The molecule has 3 fully saturated rings. The maximum atomic E-state index is 14.9.